The Morgan fingerprint density at radius 3 is 2.47 bits per heavy atom. The zero-order valence-electron chi connectivity index (χ0n) is 18.2. The van der Waals surface area contributed by atoms with E-state index in [2.05, 4.69) is 11.9 Å². The largest absolute Gasteiger partial charge is 0.462 e. The first-order valence-corrected chi connectivity index (χ1v) is 11.0. The fourth-order valence-electron chi connectivity index (χ4n) is 4.69. The molecule has 1 N–H and O–H groups in total. The average molecular weight is 440 g/mol. The Morgan fingerprint density at radius 1 is 1.12 bits per heavy atom. The third-order valence-corrected chi connectivity index (χ3v) is 6.54. The second-order valence-corrected chi connectivity index (χ2v) is 8.46. The van der Waals surface area contributed by atoms with E-state index in [1.165, 1.54) is 12.8 Å². The molecule has 2 aromatic rings. The van der Waals surface area contributed by atoms with Gasteiger partial charge in [-0.25, -0.2) is 0 Å². The first-order chi connectivity index (χ1) is 15.6. The molecular weight excluding hydrogens is 410 g/mol. The van der Waals surface area contributed by atoms with Gasteiger partial charge in [0.1, 0.15) is 18.3 Å². The Bertz CT molecular complexity index is 919. The number of carbonyl (C=O) groups is 2. The van der Waals surface area contributed by atoms with Crippen LogP contribution < -0.4 is 9.47 Å². The lowest BCUT2D eigenvalue weighted by atomic mass is 9.98. The summed E-state index contributed by atoms with van der Waals surface area (Å²) in [6, 6.07) is 15.6. The SMILES string of the molecule is CN1[C@@H]2CC[C@H]1CC(OC(=O)C(CO)c1ccccc1)C2.O=Cc1ccc2c(c1)OCO2. The van der Waals surface area contributed by atoms with Crippen LogP contribution in [0.3, 0.4) is 0 Å². The molecule has 32 heavy (non-hydrogen) atoms. The highest BCUT2D eigenvalue weighted by Gasteiger charge is 2.40. The van der Waals surface area contributed by atoms with Gasteiger partial charge in [-0.1, -0.05) is 30.3 Å². The predicted octanol–water partition coefficient (Wildman–Crippen LogP) is 3.16. The molecule has 2 aromatic carbocycles. The third kappa shape index (κ3) is 4.95. The highest BCUT2D eigenvalue weighted by Crippen LogP contribution is 2.36. The Balaban J connectivity index is 0.000000186. The summed E-state index contributed by atoms with van der Waals surface area (Å²) in [7, 11) is 2.17. The molecule has 3 aliphatic rings. The van der Waals surface area contributed by atoms with Gasteiger partial charge in [0.2, 0.25) is 6.79 Å². The summed E-state index contributed by atoms with van der Waals surface area (Å²) in [5.74, 6) is 0.492. The van der Waals surface area contributed by atoms with Crippen LogP contribution in [0.1, 0.15) is 47.5 Å². The number of esters is 1. The van der Waals surface area contributed by atoms with Gasteiger partial charge in [0.15, 0.2) is 11.5 Å². The van der Waals surface area contributed by atoms with E-state index < -0.39 is 5.92 Å². The molecule has 3 heterocycles. The molecule has 0 saturated carbocycles. The van der Waals surface area contributed by atoms with Crippen molar-refractivity contribution in [1.29, 1.82) is 0 Å². The number of carbonyl (C=O) groups excluding carboxylic acids is 2. The van der Waals surface area contributed by atoms with E-state index >= 15 is 0 Å². The molecule has 0 aromatic heterocycles. The number of aliphatic hydroxyl groups is 1. The van der Waals surface area contributed by atoms with Crippen molar-refractivity contribution in [2.24, 2.45) is 0 Å². The van der Waals surface area contributed by atoms with Crippen molar-refractivity contribution >= 4 is 12.3 Å². The molecule has 2 unspecified atom stereocenters. The van der Waals surface area contributed by atoms with E-state index in [0.717, 1.165) is 24.7 Å². The number of rotatable bonds is 5. The summed E-state index contributed by atoms with van der Waals surface area (Å²) >= 11 is 0. The monoisotopic (exact) mass is 439 g/mol. The molecule has 5 rings (SSSR count). The molecule has 2 bridgehead atoms. The van der Waals surface area contributed by atoms with Gasteiger partial charge in [-0.2, -0.15) is 0 Å². The van der Waals surface area contributed by atoms with Crippen molar-refractivity contribution in [1.82, 2.24) is 4.90 Å². The van der Waals surface area contributed by atoms with Crippen molar-refractivity contribution in [3.05, 3.63) is 59.7 Å². The van der Waals surface area contributed by atoms with E-state index in [0.29, 0.717) is 29.1 Å². The van der Waals surface area contributed by atoms with Crippen LogP contribution in [-0.2, 0) is 9.53 Å². The fourth-order valence-corrected chi connectivity index (χ4v) is 4.69. The van der Waals surface area contributed by atoms with Crippen LogP contribution in [0.5, 0.6) is 11.5 Å². The van der Waals surface area contributed by atoms with Crippen molar-refractivity contribution in [2.75, 3.05) is 20.4 Å². The lowest BCUT2D eigenvalue weighted by Crippen LogP contribution is -2.43. The summed E-state index contributed by atoms with van der Waals surface area (Å²) in [5, 5.41) is 9.53. The zero-order valence-corrected chi connectivity index (χ0v) is 18.2. The molecule has 170 valence electrons. The number of hydrogen-bond donors (Lipinski definition) is 1. The fraction of sp³-hybridized carbons (Fsp3) is 0.440. The molecule has 7 heteroatoms. The first-order valence-electron chi connectivity index (χ1n) is 11.0. The summed E-state index contributed by atoms with van der Waals surface area (Å²) < 4.78 is 15.8. The Hall–Kier alpha value is -2.90. The van der Waals surface area contributed by atoms with Crippen molar-refractivity contribution in [3.63, 3.8) is 0 Å². The highest BCUT2D eigenvalue weighted by atomic mass is 16.7. The molecule has 4 atom stereocenters. The molecule has 2 saturated heterocycles. The van der Waals surface area contributed by atoms with Crippen LogP contribution >= 0.6 is 0 Å². The molecule has 3 aliphatic heterocycles. The second kappa shape index (κ2) is 10.1. The van der Waals surface area contributed by atoms with Gasteiger partial charge in [-0.05, 0) is 56.5 Å². The van der Waals surface area contributed by atoms with Crippen LogP contribution in [0.4, 0.5) is 0 Å². The summed E-state index contributed by atoms with van der Waals surface area (Å²) in [4.78, 5) is 25.1. The molecule has 0 radical (unpaired) electrons. The van der Waals surface area contributed by atoms with E-state index in [-0.39, 0.29) is 25.5 Å². The topological polar surface area (TPSA) is 85.3 Å². The molecular formula is C25H29NO6. The van der Waals surface area contributed by atoms with Crippen LogP contribution in [0, 0.1) is 0 Å². The van der Waals surface area contributed by atoms with Gasteiger partial charge < -0.3 is 24.2 Å². The van der Waals surface area contributed by atoms with E-state index in [4.69, 9.17) is 14.2 Å². The summed E-state index contributed by atoms with van der Waals surface area (Å²) in [6.45, 7) is 0.0416. The number of nitrogens with zero attached hydrogens (tertiary/aromatic N) is 1. The zero-order chi connectivity index (χ0) is 22.5. The maximum absolute atomic E-state index is 12.4. The lowest BCUT2D eigenvalue weighted by Gasteiger charge is -2.36. The number of benzene rings is 2. The number of fused-ring (bicyclic) bond motifs is 3. The van der Waals surface area contributed by atoms with Gasteiger partial charge in [-0.15, -0.1) is 0 Å². The third-order valence-electron chi connectivity index (χ3n) is 6.54. The number of hydrogen-bond acceptors (Lipinski definition) is 7. The summed E-state index contributed by atoms with van der Waals surface area (Å²) in [6.07, 6.45) is 5.04. The number of aliphatic hydroxyl groups excluding tert-OH is 1. The minimum absolute atomic E-state index is 0.00367. The van der Waals surface area contributed by atoms with Crippen LogP contribution in [0.2, 0.25) is 0 Å². The molecule has 0 amide bonds. The summed E-state index contributed by atoms with van der Waals surface area (Å²) in [5.41, 5.74) is 1.43. The second-order valence-electron chi connectivity index (χ2n) is 8.46. The predicted molar refractivity (Wildman–Crippen MR) is 118 cm³/mol. The van der Waals surface area contributed by atoms with Crippen molar-refractivity contribution in [2.45, 2.75) is 49.8 Å². The van der Waals surface area contributed by atoms with Gasteiger partial charge in [0, 0.05) is 17.6 Å². The Morgan fingerprint density at radius 2 is 1.81 bits per heavy atom. The highest BCUT2D eigenvalue weighted by molar-refractivity contribution is 5.78. The van der Waals surface area contributed by atoms with Crippen molar-refractivity contribution < 1.29 is 28.9 Å². The minimum Gasteiger partial charge on any atom is -0.462 e. The van der Waals surface area contributed by atoms with Gasteiger partial charge in [0.25, 0.3) is 0 Å². The molecule has 2 fully saturated rings. The quantitative estimate of drug-likeness (QED) is 0.566. The molecule has 0 spiro atoms. The standard InChI is InChI=1S/C17H23NO3.C8H6O3/c1-18-13-7-8-14(18)10-15(9-13)21-17(20)16(11-19)12-5-3-2-4-6-12;9-4-6-1-2-7-8(3-6)11-5-10-7/h2-6,13-16,19H,7-11H2,1H3;1-4H,5H2/t13-,14+,15?,16?;. The first kappa shape index (κ1) is 22.3. The normalized spacial score (nSPS) is 24.2. The number of piperidine rings is 1. The van der Waals surface area contributed by atoms with Crippen molar-refractivity contribution in [3.8, 4) is 11.5 Å². The van der Waals surface area contributed by atoms with E-state index in [1.54, 1.807) is 18.2 Å². The number of ether oxygens (including phenoxy) is 3. The smallest absolute Gasteiger partial charge is 0.316 e. The average Bonchev–Trinajstić information content (AvgIpc) is 3.35. The molecule has 7 nitrogen and oxygen atoms in total. The van der Waals surface area contributed by atoms with E-state index in [1.807, 2.05) is 30.3 Å². The van der Waals surface area contributed by atoms with E-state index in [9.17, 15) is 14.7 Å². The van der Waals surface area contributed by atoms with Crippen LogP contribution in [0.25, 0.3) is 0 Å². The Kier molecular flexibility index (Phi) is 7.07. The number of aldehydes is 1. The maximum atomic E-state index is 12.4. The maximum Gasteiger partial charge on any atom is 0.316 e. The van der Waals surface area contributed by atoms with Gasteiger partial charge in [0.05, 0.1) is 6.61 Å². The Labute approximate surface area is 187 Å². The van der Waals surface area contributed by atoms with Crippen LogP contribution in [-0.4, -0.2) is 60.9 Å². The lowest BCUT2D eigenvalue weighted by molar-refractivity contribution is -0.155. The van der Waals surface area contributed by atoms with Crippen LogP contribution in [0.15, 0.2) is 48.5 Å². The minimum atomic E-state index is -0.566. The van der Waals surface area contributed by atoms with Gasteiger partial charge >= 0.3 is 5.97 Å². The molecule has 0 aliphatic carbocycles. The van der Waals surface area contributed by atoms with Gasteiger partial charge in [-0.3, -0.25) is 9.59 Å².